The summed E-state index contributed by atoms with van der Waals surface area (Å²) in [5, 5.41) is 0.578. The molecule has 0 unspecified atom stereocenters. The molecular formula is C8H8ClIN2. The predicted octanol–water partition coefficient (Wildman–Crippen LogP) is 2.79. The Labute approximate surface area is 89.9 Å². The molecule has 0 spiro atoms. The molecule has 64 valence electrons. The normalized spacial score (nSPS) is 19.2. The topological polar surface area (TPSA) is 25.8 Å². The first-order chi connectivity index (χ1) is 5.62. The Bertz CT molecular complexity index is 323. The fraction of sp³-hybridized carbons (Fsp3) is 0.500. The smallest absolute Gasteiger partial charge is 0.146 e. The van der Waals surface area contributed by atoms with E-state index < -0.39 is 0 Å². The zero-order chi connectivity index (χ0) is 8.77. The Balaban J connectivity index is 2.41. The van der Waals surface area contributed by atoms with Crippen molar-refractivity contribution in [2.24, 2.45) is 0 Å². The Morgan fingerprint density at radius 3 is 2.75 bits per heavy atom. The molecule has 12 heavy (non-hydrogen) atoms. The molecule has 1 aliphatic rings. The predicted molar refractivity (Wildman–Crippen MR) is 56.3 cm³/mol. The quantitative estimate of drug-likeness (QED) is 0.588. The molecule has 1 aromatic heterocycles. The summed E-state index contributed by atoms with van der Waals surface area (Å²) in [7, 11) is 0. The maximum Gasteiger partial charge on any atom is 0.146 e. The number of aromatic nitrogens is 2. The van der Waals surface area contributed by atoms with Crippen LogP contribution < -0.4 is 0 Å². The third-order valence-electron chi connectivity index (χ3n) is 2.24. The second-order valence-electron chi connectivity index (χ2n) is 3.39. The summed E-state index contributed by atoms with van der Waals surface area (Å²) < 4.78 is 0.919. The molecule has 1 aromatic rings. The van der Waals surface area contributed by atoms with Crippen LogP contribution in [0.3, 0.4) is 0 Å². The Morgan fingerprint density at radius 1 is 1.58 bits per heavy atom. The fourth-order valence-corrected chi connectivity index (χ4v) is 1.44. The molecule has 0 radical (unpaired) electrons. The molecule has 2 rings (SSSR count). The molecule has 0 N–H and O–H groups in total. The zero-order valence-electron chi connectivity index (χ0n) is 6.64. The number of halogens is 2. The van der Waals surface area contributed by atoms with Crippen molar-refractivity contribution >= 4 is 34.2 Å². The largest absolute Gasteiger partial charge is 0.240 e. The van der Waals surface area contributed by atoms with Crippen LogP contribution in [0.25, 0.3) is 0 Å². The lowest BCUT2D eigenvalue weighted by Gasteiger charge is -2.06. The summed E-state index contributed by atoms with van der Waals surface area (Å²) in [6.45, 7) is 2.17. The van der Waals surface area contributed by atoms with Gasteiger partial charge in [-0.1, -0.05) is 18.5 Å². The van der Waals surface area contributed by atoms with Gasteiger partial charge < -0.3 is 0 Å². The molecule has 1 fully saturated rings. The molecule has 0 bridgehead atoms. The van der Waals surface area contributed by atoms with E-state index in [0.29, 0.717) is 5.15 Å². The highest BCUT2D eigenvalue weighted by Gasteiger charge is 2.42. The van der Waals surface area contributed by atoms with E-state index in [1.54, 1.807) is 6.20 Å². The van der Waals surface area contributed by atoms with Crippen molar-refractivity contribution in [2.45, 2.75) is 25.2 Å². The molecule has 0 saturated heterocycles. The molecule has 1 aliphatic carbocycles. The van der Waals surface area contributed by atoms with E-state index in [1.165, 1.54) is 12.8 Å². The molecule has 4 heteroatoms. The van der Waals surface area contributed by atoms with Crippen LogP contribution in [-0.4, -0.2) is 9.97 Å². The van der Waals surface area contributed by atoms with Crippen LogP contribution in [0.4, 0.5) is 0 Å². The second-order valence-corrected chi connectivity index (χ2v) is 4.91. The van der Waals surface area contributed by atoms with Gasteiger partial charge in [0.25, 0.3) is 0 Å². The van der Waals surface area contributed by atoms with E-state index in [-0.39, 0.29) is 5.41 Å². The Hall–Kier alpha value is 0.1000. The van der Waals surface area contributed by atoms with Crippen LogP contribution in [0, 0.1) is 3.57 Å². The average molecular weight is 295 g/mol. The summed E-state index contributed by atoms with van der Waals surface area (Å²) >= 11 is 8.02. The average Bonchev–Trinajstić information content (AvgIpc) is 2.75. The maximum absolute atomic E-state index is 5.89. The summed E-state index contributed by atoms with van der Waals surface area (Å²) in [4.78, 5) is 8.52. The van der Waals surface area contributed by atoms with E-state index in [1.807, 2.05) is 0 Å². The highest BCUT2D eigenvalue weighted by atomic mass is 127. The molecule has 2 nitrogen and oxygen atoms in total. The number of hydrogen-bond donors (Lipinski definition) is 0. The van der Waals surface area contributed by atoms with Crippen molar-refractivity contribution in [3.63, 3.8) is 0 Å². The van der Waals surface area contributed by atoms with Crippen molar-refractivity contribution in [2.75, 3.05) is 0 Å². The van der Waals surface area contributed by atoms with Gasteiger partial charge in [0.2, 0.25) is 0 Å². The summed E-state index contributed by atoms with van der Waals surface area (Å²) in [6, 6.07) is 0. The highest BCUT2D eigenvalue weighted by Crippen LogP contribution is 2.46. The van der Waals surface area contributed by atoms with Crippen LogP contribution >= 0.6 is 34.2 Å². The molecule has 0 aromatic carbocycles. The first-order valence-electron chi connectivity index (χ1n) is 3.80. The minimum atomic E-state index is 0.216. The van der Waals surface area contributed by atoms with Gasteiger partial charge in [-0.05, 0) is 35.4 Å². The molecule has 0 aliphatic heterocycles. The van der Waals surface area contributed by atoms with Crippen molar-refractivity contribution in [1.82, 2.24) is 9.97 Å². The van der Waals surface area contributed by atoms with Crippen molar-refractivity contribution in [3.05, 3.63) is 20.7 Å². The summed E-state index contributed by atoms with van der Waals surface area (Å²) in [5.74, 6) is 0.896. The van der Waals surface area contributed by atoms with Gasteiger partial charge in [0.1, 0.15) is 11.0 Å². The van der Waals surface area contributed by atoms with Crippen molar-refractivity contribution < 1.29 is 0 Å². The Kier molecular flexibility index (Phi) is 2.03. The van der Waals surface area contributed by atoms with Gasteiger partial charge in [0.15, 0.2) is 0 Å². The van der Waals surface area contributed by atoms with Gasteiger partial charge in [0.05, 0.1) is 3.57 Å². The fourth-order valence-electron chi connectivity index (χ4n) is 1.05. The van der Waals surface area contributed by atoms with Crippen molar-refractivity contribution in [3.8, 4) is 0 Å². The zero-order valence-corrected chi connectivity index (χ0v) is 9.56. The monoisotopic (exact) mass is 294 g/mol. The van der Waals surface area contributed by atoms with Crippen LogP contribution in [0.5, 0.6) is 0 Å². The molecule has 1 saturated carbocycles. The molecule has 0 amide bonds. The van der Waals surface area contributed by atoms with E-state index in [4.69, 9.17) is 11.6 Å². The van der Waals surface area contributed by atoms with E-state index >= 15 is 0 Å². The molecule has 1 heterocycles. The van der Waals surface area contributed by atoms with Crippen LogP contribution in [-0.2, 0) is 5.41 Å². The lowest BCUT2D eigenvalue weighted by molar-refractivity contribution is 0.707. The van der Waals surface area contributed by atoms with Crippen molar-refractivity contribution in [1.29, 1.82) is 0 Å². The summed E-state index contributed by atoms with van der Waals surface area (Å²) in [6.07, 6.45) is 4.16. The minimum Gasteiger partial charge on any atom is -0.240 e. The first kappa shape index (κ1) is 8.69. The van der Waals surface area contributed by atoms with E-state index in [9.17, 15) is 0 Å². The minimum absolute atomic E-state index is 0.216. The highest BCUT2D eigenvalue weighted by molar-refractivity contribution is 14.1. The lowest BCUT2D eigenvalue weighted by Crippen LogP contribution is -2.06. The van der Waals surface area contributed by atoms with Gasteiger partial charge in [-0.2, -0.15) is 0 Å². The van der Waals surface area contributed by atoms with Gasteiger partial charge in [-0.25, -0.2) is 9.97 Å². The summed E-state index contributed by atoms with van der Waals surface area (Å²) in [5.41, 5.74) is 0.216. The SMILES string of the molecule is CC1(c2ncc(I)c(Cl)n2)CC1. The standard InChI is InChI=1S/C8H8ClIN2/c1-8(2-3-8)7-11-4-5(10)6(9)12-7/h4H,2-3H2,1H3. The second kappa shape index (κ2) is 2.80. The lowest BCUT2D eigenvalue weighted by atomic mass is 10.1. The number of hydrogen-bond acceptors (Lipinski definition) is 2. The maximum atomic E-state index is 5.89. The van der Waals surface area contributed by atoms with Gasteiger partial charge in [-0.3, -0.25) is 0 Å². The number of nitrogens with zero attached hydrogens (tertiary/aromatic N) is 2. The number of rotatable bonds is 1. The Morgan fingerprint density at radius 2 is 2.25 bits per heavy atom. The van der Waals surface area contributed by atoms with E-state index in [2.05, 4.69) is 39.5 Å². The van der Waals surface area contributed by atoms with Gasteiger partial charge in [-0.15, -0.1) is 0 Å². The third kappa shape index (κ3) is 1.44. The van der Waals surface area contributed by atoms with E-state index in [0.717, 1.165) is 9.39 Å². The van der Waals surface area contributed by atoms with Crippen LogP contribution in [0.15, 0.2) is 6.20 Å². The third-order valence-corrected chi connectivity index (χ3v) is 3.64. The van der Waals surface area contributed by atoms with Crippen LogP contribution in [0.1, 0.15) is 25.6 Å². The first-order valence-corrected chi connectivity index (χ1v) is 5.26. The molecule has 0 atom stereocenters. The van der Waals surface area contributed by atoms with Crippen LogP contribution in [0.2, 0.25) is 5.15 Å². The van der Waals surface area contributed by atoms with Gasteiger partial charge >= 0.3 is 0 Å². The molecular weight excluding hydrogens is 286 g/mol. The van der Waals surface area contributed by atoms with Gasteiger partial charge in [0, 0.05) is 11.6 Å².